The lowest BCUT2D eigenvalue weighted by Gasteiger charge is -2.01. The molecule has 12 heteroatoms. The number of hydrogen-bond acceptors (Lipinski definition) is 8. The zero-order valence-electron chi connectivity index (χ0n) is 16.4. The molecule has 0 unspecified atom stereocenters. The average molecular weight is 467 g/mol. The van der Waals surface area contributed by atoms with Crippen LogP contribution < -0.4 is 0 Å². The Kier molecular flexibility index (Phi) is 11.5. The summed E-state index contributed by atoms with van der Waals surface area (Å²) in [4.78, 5) is -0.523. The summed E-state index contributed by atoms with van der Waals surface area (Å²) in [6.07, 6.45) is 1.44. The molecule has 2 rings (SSSR count). The molecule has 0 aliphatic heterocycles. The maximum absolute atomic E-state index is 10.7. The lowest BCUT2D eigenvalue weighted by Crippen LogP contribution is -2.00. The third-order valence-corrected chi connectivity index (χ3v) is 5.46. The Morgan fingerprint density at radius 1 is 0.667 bits per heavy atom. The van der Waals surface area contributed by atoms with Crippen molar-refractivity contribution in [3.8, 4) is 11.5 Å². The monoisotopic (exact) mass is 466 g/mol. The fourth-order valence-electron chi connectivity index (χ4n) is 1.96. The van der Waals surface area contributed by atoms with Crippen molar-refractivity contribution < 1.29 is 46.4 Å². The Morgan fingerprint density at radius 2 is 0.967 bits per heavy atom. The van der Waals surface area contributed by atoms with Gasteiger partial charge in [0, 0.05) is 25.3 Å². The molecule has 0 fully saturated rings. The van der Waals surface area contributed by atoms with E-state index in [9.17, 15) is 16.8 Å². The molecule has 30 heavy (non-hydrogen) atoms. The highest BCUT2D eigenvalue weighted by Crippen LogP contribution is 2.20. The molecule has 170 valence electrons. The maximum Gasteiger partial charge on any atom is 0.294 e. The highest BCUT2D eigenvalue weighted by atomic mass is 32.2. The van der Waals surface area contributed by atoms with Crippen LogP contribution in [-0.2, 0) is 20.2 Å². The minimum Gasteiger partial charge on any atom is -0.508 e. The van der Waals surface area contributed by atoms with Crippen LogP contribution in [0.1, 0.15) is 24.0 Å². The summed E-state index contributed by atoms with van der Waals surface area (Å²) >= 11 is 0. The molecule has 2 aromatic rings. The van der Waals surface area contributed by atoms with Gasteiger partial charge in [-0.05, 0) is 49.9 Å². The standard InChI is InChI=1S/2C7H8O4S.C4H10O2/c2*1-5-2-3-6(8)4-7(5)12(9,10)11;5-3-1-2-4-6/h2*2-4,8H,1H3,(H,9,10,11);5-6H,1-4H2. The zero-order valence-corrected chi connectivity index (χ0v) is 18.1. The molecule has 0 spiro atoms. The van der Waals surface area contributed by atoms with Crippen LogP contribution in [0.15, 0.2) is 46.2 Å². The quantitative estimate of drug-likeness (QED) is 0.279. The molecule has 0 heterocycles. The normalized spacial score (nSPS) is 11.0. The van der Waals surface area contributed by atoms with Gasteiger partial charge in [0.25, 0.3) is 20.2 Å². The van der Waals surface area contributed by atoms with E-state index in [0.29, 0.717) is 11.1 Å². The van der Waals surface area contributed by atoms with Crippen molar-refractivity contribution in [1.82, 2.24) is 0 Å². The van der Waals surface area contributed by atoms with Crippen molar-refractivity contribution in [2.45, 2.75) is 36.5 Å². The molecule has 0 saturated carbocycles. The molecule has 0 amide bonds. The number of aromatic hydroxyl groups is 2. The van der Waals surface area contributed by atoms with Gasteiger partial charge in [0.15, 0.2) is 0 Å². The van der Waals surface area contributed by atoms with E-state index in [1.54, 1.807) is 0 Å². The van der Waals surface area contributed by atoms with Crippen LogP contribution in [0.4, 0.5) is 0 Å². The smallest absolute Gasteiger partial charge is 0.294 e. The number of unbranched alkanes of at least 4 members (excludes halogenated alkanes) is 1. The van der Waals surface area contributed by atoms with Crippen molar-refractivity contribution in [2.75, 3.05) is 13.2 Å². The predicted molar refractivity (Wildman–Crippen MR) is 109 cm³/mol. The van der Waals surface area contributed by atoms with E-state index in [0.717, 1.165) is 25.0 Å². The first-order valence-corrected chi connectivity index (χ1v) is 11.4. The van der Waals surface area contributed by atoms with Crippen LogP contribution in [0.2, 0.25) is 0 Å². The average Bonchev–Trinajstić information content (AvgIpc) is 2.63. The number of phenolic OH excluding ortho intramolecular Hbond substituents is 2. The first-order chi connectivity index (χ1) is 13.7. The van der Waals surface area contributed by atoms with Crippen LogP contribution >= 0.6 is 0 Å². The Hall–Kier alpha value is -2.22. The fourth-order valence-corrected chi connectivity index (χ4v) is 3.45. The van der Waals surface area contributed by atoms with Crippen molar-refractivity contribution in [2.24, 2.45) is 0 Å². The number of rotatable bonds is 5. The van der Waals surface area contributed by atoms with E-state index < -0.39 is 20.2 Å². The van der Waals surface area contributed by atoms with E-state index in [4.69, 9.17) is 29.5 Å². The third-order valence-electron chi connectivity index (χ3n) is 3.47. The first kappa shape index (κ1) is 27.8. The zero-order chi connectivity index (χ0) is 23.5. The highest BCUT2D eigenvalue weighted by Gasteiger charge is 2.13. The second-order valence-corrected chi connectivity index (χ2v) is 8.78. The van der Waals surface area contributed by atoms with Crippen molar-refractivity contribution in [3.63, 3.8) is 0 Å². The number of aliphatic hydroxyl groups excluding tert-OH is 2. The predicted octanol–water partition coefficient (Wildman–Crippen LogP) is 1.65. The van der Waals surface area contributed by atoms with Crippen molar-refractivity contribution in [1.29, 1.82) is 0 Å². The molecule has 0 atom stereocenters. The van der Waals surface area contributed by atoms with Crippen molar-refractivity contribution in [3.05, 3.63) is 47.5 Å². The van der Waals surface area contributed by atoms with Crippen LogP contribution in [0, 0.1) is 13.8 Å². The Morgan fingerprint density at radius 3 is 1.17 bits per heavy atom. The lowest BCUT2D eigenvalue weighted by molar-refractivity contribution is 0.242. The Bertz CT molecular complexity index is 932. The number of aryl methyl sites for hydroxylation is 2. The van der Waals surface area contributed by atoms with Gasteiger partial charge in [-0.1, -0.05) is 12.1 Å². The van der Waals surface area contributed by atoms with Gasteiger partial charge in [0.1, 0.15) is 21.3 Å². The van der Waals surface area contributed by atoms with Gasteiger partial charge in [-0.15, -0.1) is 0 Å². The van der Waals surface area contributed by atoms with Crippen LogP contribution in [0.3, 0.4) is 0 Å². The largest absolute Gasteiger partial charge is 0.508 e. The van der Waals surface area contributed by atoms with Gasteiger partial charge >= 0.3 is 0 Å². The number of hydrogen-bond donors (Lipinski definition) is 6. The Labute approximate surface area is 175 Å². The minimum absolute atomic E-state index is 0.187. The van der Waals surface area contributed by atoms with Gasteiger partial charge in [0.05, 0.1) is 0 Å². The summed E-state index contributed by atoms with van der Waals surface area (Å²) < 4.78 is 59.9. The fraction of sp³-hybridized carbons (Fsp3) is 0.333. The third kappa shape index (κ3) is 10.5. The Balaban J connectivity index is 0.000000447. The van der Waals surface area contributed by atoms with Gasteiger partial charge in [-0.2, -0.15) is 16.8 Å². The molecule has 0 aromatic heterocycles. The molecular weight excluding hydrogens is 440 g/mol. The highest BCUT2D eigenvalue weighted by molar-refractivity contribution is 7.86. The van der Waals surface area contributed by atoms with Gasteiger partial charge in [0.2, 0.25) is 0 Å². The molecule has 2 aromatic carbocycles. The SMILES string of the molecule is Cc1ccc(O)cc1S(=O)(=O)O.Cc1ccc(O)cc1S(=O)(=O)O.OCCCCO. The summed E-state index contributed by atoms with van der Waals surface area (Å²) in [5.41, 5.74) is 0.797. The topological polar surface area (TPSA) is 190 Å². The van der Waals surface area contributed by atoms with Gasteiger partial charge in [-0.25, -0.2) is 0 Å². The summed E-state index contributed by atoms with van der Waals surface area (Å²) in [5, 5.41) is 34.0. The van der Waals surface area contributed by atoms with Crippen LogP contribution in [0.25, 0.3) is 0 Å². The van der Waals surface area contributed by atoms with Crippen molar-refractivity contribution >= 4 is 20.2 Å². The molecule has 0 aliphatic rings. The summed E-state index contributed by atoms with van der Waals surface area (Å²) in [6.45, 7) is 3.45. The van der Waals surface area contributed by atoms with E-state index in [1.165, 1.54) is 38.1 Å². The second kappa shape index (κ2) is 12.5. The summed E-state index contributed by atoms with van der Waals surface area (Å²) in [7, 11) is -8.43. The van der Waals surface area contributed by atoms with Crippen LogP contribution in [-0.4, -0.2) is 59.6 Å². The number of aliphatic hydroxyl groups is 2. The maximum atomic E-state index is 10.7. The number of benzene rings is 2. The van der Waals surface area contributed by atoms with E-state index in [-0.39, 0.29) is 34.5 Å². The van der Waals surface area contributed by atoms with E-state index >= 15 is 0 Å². The molecule has 10 nitrogen and oxygen atoms in total. The molecule has 0 aliphatic carbocycles. The van der Waals surface area contributed by atoms with Gasteiger partial charge < -0.3 is 20.4 Å². The minimum atomic E-state index is -4.22. The van der Waals surface area contributed by atoms with E-state index in [2.05, 4.69) is 0 Å². The van der Waals surface area contributed by atoms with Gasteiger partial charge in [-0.3, -0.25) is 9.11 Å². The summed E-state index contributed by atoms with van der Waals surface area (Å²) in [6, 6.07) is 7.54. The molecular formula is C18H26O10S2. The lowest BCUT2D eigenvalue weighted by atomic mass is 10.2. The number of phenols is 2. The molecule has 6 N–H and O–H groups in total. The summed E-state index contributed by atoms with van der Waals surface area (Å²) in [5.74, 6) is -0.374. The molecule has 0 saturated heterocycles. The van der Waals surface area contributed by atoms with E-state index in [1.807, 2.05) is 0 Å². The second-order valence-electron chi connectivity index (χ2n) is 6.00. The molecule has 0 bridgehead atoms. The van der Waals surface area contributed by atoms with Crippen LogP contribution in [0.5, 0.6) is 11.5 Å². The molecule has 0 radical (unpaired) electrons. The first-order valence-electron chi connectivity index (χ1n) is 8.50.